The second-order valence-electron chi connectivity index (χ2n) is 4.87. The zero-order valence-electron chi connectivity index (χ0n) is 11.0. The molecular formula is C14H20N2O2. The number of aromatic amines is 1. The standard InChI is InChI=1S/C14H20N2O2/c1-3-5-12-9(4-2)8-11(14(18)16-12)13(17)15-10-6-7-10/h8,10H,3-7H2,1-2H3,(H,15,17)(H,16,18). The van der Waals surface area contributed by atoms with E-state index in [1.807, 2.05) is 6.92 Å². The number of aromatic nitrogens is 1. The number of hydrogen-bond donors (Lipinski definition) is 2. The van der Waals surface area contributed by atoms with Gasteiger partial charge in [0.2, 0.25) is 0 Å². The van der Waals surface area contributed by atoms with Crippen molar-refractivity contribution in [2.24, 2.45) is 0 Å². The van der Waals surface area contributed by atoms with Crippen molar-refractivity contribution in [1.29, 1.82) is 0 Å². The fraction of sp³-hybridized carbons (Fsp3) is 0.571. The molecule has 18 heavy (non-hydrogen) atoms. The average molecular weight is 248 g/mol. The number of hydrogen-bond acceptors (Lipinski definition) is 2. The molecular weight excluding hydrogens is 228 g/mol. The molecule has 1 heterocycles. The van der Waals surface area contributed by atoms with Crippen LogP contribution in [0.3, 0.4) is 0 Å². The van der Waals surface area contributed by atoms with E-state index in [0.29, 0.717) is 0 Å². The van der Waals surface area contributed by atoms with E-state index in [1.54, 1.807) is 6.07 Å². The number of pyridine rings is 1. The van der Waals surface area contributed by atoms with Crippen LogP contribution < -0.4 is 10.9 Å². The van der Waals surface area contributed by atoms with Crippen molar-refractivity contribution in [1.82, 2.24) is 10.3 Å². The van der Waals surface area contributed by atoms with Crippen LogP contribution in [0.5, 0.6) is 0 Å². The van der Waals surface area contributed by atoms with Gasteiger partial charge in [-0.25, -0.2) is 0 Å². The van der Waals surface area contributed by atoms with Crippen LogP contribution in [0.15, 0.2) is 10.9 Å². The molecule has 2 rings (SSSR count). The maximum atomic E-state index is 11.9. The van der Waals surface area contributed by atoms with Gasteiger partial charge in [0.25, 0.3) is 11.5 Å². The minimum absolute atomic E-state index is 0.239. The van der Waals surface area contributed by atoms with E-state index in [9.17, 15) is 9.59 Å². The van der Waals surface area contributed by atoms with E-state index >= 15 is 0 Å². The first kappa shape index (κ1) is 12.9. The number of carbonyl (C=O) groups excluding carboxylic acids is 1. The van der Waals surface area contributed by atoms with Gasteiger partial charge in [-0.1, -0.05) is 20.3 Å². The van der Waals surface area contributed by atoms with Crippen LogP contribution in [0.2, 0.25) is 0 Å². The molecule has 1 fully saturated rings. The molecule has 0 bridgehead atoms. The summed E-state index contributed by atoms with van der Waals surface area (Å²) in [6.07, 6.45) is 4.71. The van der Waals surface area contributed by atoms with E-state index in [4.69, 9.17) is 0 Å². The van der Waals surface area contributed by atoms with Gasteiger partial charge in [-0.2, -0.15) is 0 Å². The van der Waals surface area contributed by atoms with Crippen LogP contribution in [0.1, 0.15) is 54.7 Å². The molecule has 1 aromatic heterocycles. The quantitative estimate of drug-likeness (QED) is 0.834. The first-order valence-electron chi connectivity index (χ1n) is 6.71. The maximum absolute atomic E-state index is 11.9. The summed E-state index contributed by atoms with van der Waals surface area (Å²) < 4.78 is 0. The molecule has 0 aromatic carbocycles. The summed E-state index contributed by atoms with van der Waals surface area (Å²) >= 11 is 0. The molecule has 0 aliphatic heterocycles. The summed E-state index contributed by atoms with van der Waals surface area (Å²) in [6, 6.07) is 2.03. The highest BCUT2D eigenvalue weighted by atomic mass is 16.2. The van der Waals surface area contributed by atoms with Crippen LogP contribution in [0, 0.1) is 0 Å². The summed E-state index contributed by atoms with van der Waals surface area (Å²) in [5, 5.41) is 2.85. The molecule has 1 saturated carbocycles. The van der Waals surface area contributed by atoms with Gasteiger partial charge in [0.05, 0.1) is 0 Å². The van der Waals surface area contributed by atoms with Crippen molar-refractivity contribution in [3.8, 4) is 0 Å². The smallest absolute Gasteiger partial charge is 0.261 e. The van der Waals surface area contributed by atoms with Crippen LogP contribution >= 0.6 is 0 Å². The Bertz CT molecular complexity index is 501. The number of rotatable bonds is 5. The highest BCUT2D eigenvalue weighted by Gasteiger charge is 2.25. The zero-order chi connectivity index (χ0) is 13.1. The number of amides is 1. The van der Waals surface area contributed by atoms with Crippen LogP contribution in [0.4, 0.5) is 0 Å². The summed E-state index contributed by atoms with van der Waals surface area (Å²) in [7, 11) is 0. The van der Waals surface area contributed by atoms with Gasteiger partial charge < -0.3 is 10.3 Å². The third kappa shape index (κ3) is 2.81. The lowest BCUT2D eigenvalue weighted by atomic mass is 10.0. The Morgan fingerprint density at radius 1 is 1.44 bits per heavy atom. The fourth-order valence-electron chi connectivity index (χ4n) is 2.06. The van der Waals surface area contributed by atoms with E-state index in [1.165, 1.54) is 0 Å². The molecule has 4 nitrogen and oxygen atoms in total. The summed E-state index contributed by atoms with van der Waals surface area (Å²) in [6.45, 7) is 4.11. The van der Waals surface area contributed by atoms with Gasteiger partial charge >= 0.3 is 0 Å². The molecule has 0 spiro atoms. The highest BCUT2D eigenvalue weighted by Crippen LogP contribution is 2.19. The van der Waals surface area contributed by atoms with Gasteiger partial charge in [0, 0.05) is 11.7 Å². The van der Waals surface area contributed by atoms with E-state index < -0.39 is 0 Å². The summed E-state index contributed by atoms with van der Waals surface area (Å²) in [5.41, 5.74) is 2.01. The SMILES string of the molecule is CCCc1[nH]c(=O)c(C(=O)NC2CC2)cc1CC. The lowest BCUT2D eigenvalue weighted by molar-refractivity contribution is 0.0949. The van der Waals surface area contributed by atoms with Gasteiger partial charge in [0.15, 0.2) is 0 Å². The van der Waals surface area contributed by atoms with Crippen molar-refractivity contribution < 1.29 is 4.79 Å². The first-order chi connectivity index (χ1) is 8.65. The normalized spacial score (nSPS) is 14.6. The third-order valence-corrected chi connectivity index (χ3v) is 3.25. The molecule has 1 amide bonds. The van der Waals surface area contributed by atoms with Crippen molar-refractivity contribution in [3.05, 3.63) is 33.2 Å². The van der Waals surface area contributed by atoms with Crippen LogP contribution in [-0.4, -0.2) is 16.9 Å². The Hall–Kier alpha value is -1.58. The number of H-pyrrole nitrogens is 1. The predicted octanol–water partition coefficient (Wildman–Crippen LogP) is 1.78. The Labute approximate surface area is 107 Å². The van der Waals surface area contributed by atoms with E-state index in [-0.39, 0.29) is 23.1 Å². The molecule has 0 unspecified atom stereocenters. The second-order valence-corrected chi connectivity index (χ2v) is 4.87. The van der Waals surface area contributed by atoms with Crippen molar-refractivity contribution in [2.45, 2.75) is 52.0 Å². The number of nitrogens with one attached hydrogen (secondary N) is 2. The minimum Gasteiger partial charge on any atom is -0.349 e. The molecule has 1 aromatic rings. The molecule has 1 aliphatic rings. The summed E-state index contributed by atoms with van der Waals surface area (Å²) in [4.78, 5) is 26.7. The van der Waals surface area contributed by atoms with Crippen molar-refractivity contribution in [2.75, 3.05) is 0 Å². The van der Waals surface area contributed by atoms with Gasteiger partial charge in [-0.05, 0) is 37.3 Å². The lowest BCUT2D eigenvalue weighted by Crippen LogP contribution is -2.31. The van der Waals surface area contributed by atoms with Crippen molar-refractivity contribution >= 4 is 5.91 Å². The summed E-state index contributed by atoms with van der Waals surface area (Å²) in [5.74, 6) is -0.239. The van der Waals surface area contributed by atoms with Gasteiger partial charge in [-0.3, -0.25) is 9.59 Å². The number of carbonyl (C=O) groups is 1. The van der Waals surface area contributed by atoms with Crippen molar-refractivity contribution in [3.63, 3.8) is 0 Å². The fourth-order valence-corrected chi connectivity index (χ4v) is 2.06. The van der Waals surface area contributed by atoms with Crippen LogP contribution in [0.25, 0.3) is 0 Å². The predicted molar refractivity (Wildman–Crippen MR) is 70.9 cm³/mol. The Morgan fingerprint density at radius 2 is 2.17 bits per heavy atom. The molecule has 2 N–H and O–H groups in total. The topological polar surface area (TPSA) is 62.0 Å². The Morgan fingerprint density at radius 3 is 2.72 bits per heavy atom. The molecule has 0 saturated heterocycles. The van der Waals surface area contributed by atoms with Gasteiger partial charge in [-0.15, -0.1) is 0 Å². The Kier molecular flexibility index (Phi) is 3.84. The van der Waals surface area contributed by atoms with E-state index in [0.717, 1.165) is 43.4 Å². The number of aryl methyl sites for hydroxylation is 2. The molecule has 0 radical (unpaired) electrons. The largest absolute Gasteiger partial charge is 0.349 e. The lowest BCUT2D eigenvalue weighted by Gasteiger charge is -2.09. The minimum atomic E-state index is -0.270. The molecule has 0 atom stereocenters. The first-order valence-corrected chi connectivity index (χ1v) is 6.71. The molecule has 4 heteroatoms. The highest BCUT2D eigenvalue weighted by molar-refractivity contribution is 5.94. The van der Waals surface area contributed by atoms with E-state index in [2.05, 4.69) is 17.2 Å². The molecule has 1 aliphatic carbocycles. The monoisotopic (exact) mass is 248 g/mol. The molecule has 98 valence electrons. The Balaban J connectivity index is 2.29. The average Bonchev–Trinajstić information content (AvgIpc) is 3.13. The third-order valence-electron chi connectivity index (χ3n) is 3.25. The second kappa shape index (κ2) is 5.38. The van der Waals surface area contributed by atoms with Crippen LogP contribution in [-0.2, 0) is 12.8 Å². The van der Waals surface area contributed by atoms with Gasteiger partial charge in [0.1, 0.15) is 5.56 Å². The zero-order valence-corrected chi connectivity index (χ0v) is 11.0. The maximum Gasteiger partial charge on any atom is 0.261 e.